The van der Waals surface area contributed by atoms with Gasteiger partial charge in [0.25, 0.3) is 0 Å². The first-order valence-electron chi connectivity index (χ1n) is 7.21. The summed E-state index contributed by atoms with van der Waals surface area (Å²) in [6.45, 7) is 2.94. The molecule has 0 spiro atoms. The Bertz CT molecular complexity index is 647. The second kappa shape index (κ2) is 5.15. The van der Waals surface area contributed by atoms with Crippen LogP contribution in [0.1, 0.15) is 32.0 Å². The zero-order valence-corrected chi connectivity index (χ0v) is 11.7. The standard InChI is InChI=1S/C15H20N4O/c1-2-3-14-18-12-8-10(16)4-6-13(12)19(14)9-11-5-7-15(20)17-11/h4,6,8,11H,2-3,5,7,9,16H2,1H3,(H,17,20). The highest BCUT2D eigenvalue weighted by atomic mass is 16.1. The van der Waals surface area contributed by atoms with Crippen LogP contribution in [0.5, 0.6) is 0 Å². The van der Waals surface area contributed by atoms with Crippen molar-refractivity contribution in [3.05, 3.63) is 24.0 Å². The van der Waals surface area contributed by atoms with Crippen molar-refractivity contribution in [1.29, 1.82) is 0 Å². The first-order valence-corrected chi connectivity index (χ1v) is 7.21. The average molecular weight is 272 g/mol. The Morgan fingerprint density at radius 2 is 2.35 bits per heavy atom. The lowest BCUT2D eigenvalue weighted by atomic mass is 10.2. The van der Waals surface area contributed by atoms with E-state index in [2.05, 4.69) is 16.8 Å². The van der Waals surface area contributed by atoms with E-state index in [9.17, 15) is 4.79 Å². The number of benzene rings is 1. The number of fused-ring (bicyclic) bond motifs is 1. The molecular formula is C15H20N4O. The van der Waals surface area contributed by atoms with E-state index in [0.29, 0.717) is 6.42 Å². The van der Waals surface area contributed by atoms with Gasteiger partial charge in [-0.15, -0.1) is 0 Å². The van der Waals surface area contributed by atoms with Crippen LogP contribution in [0.25, 0.3) is 11.0 Å². The maximum Gasteiger partial charge on any atom is 0.220 e. The number of amides is 1. The topological polar surface area (TPSA) is 72.9 Å². The number of nitrogens with zero attached hydrogens (tertiary/aromatic N) is 2. The highest BCUT2D eigenvalue weighted by molar-refractivity contribution is 5.80. The van der Waals surface area contributed by atoms with E-state index in [1.54, 1.807) is 0 Å². The molecule has 2 aromatic rings. The van der Waals surface area contributed by atoms with Gasteiger partial charge in [0.2, 0.25) is 5.91 Å². The summed E-state index contributed by atoms with van der Waals surface area (Å²) in [5.74, 6) is 1.23. The van der Waals surface area contributed by atoms with Crippen molar-refractivity contribution in [1.82, 2.24) is 14.9 Å². The van der Waals surface area contributed by atoms with E-state index >= 15 is 0 Å². The van der Waals surface area contributed by atoms with Gasteiger partial charge in [0.05, 0.1) is 11.0 Å². The number of carbonyl (C=O) groups excluding carboxylic acids is 1. The zero-order valence-electron chi connectivity index (χ0n) is 11.7. The summed E-state index contributed by atoms with van der Waals surface area (Å²) < 4.78 is 2.23. The fourth-order valence-corrected chi connectivity index (χ4v) is 2.85. The molecule has 20 heavy (non-hydrogen) atoms. The van der Waals surface area contributed by atoms with Crippen molar-refractivity contribution in [3.8, 4) is 0 Å². The second-order valence-corrected chi connectivity index (χ2v) is 5.44. The predicted octanol–water partition coefficient (Wildman–Crippen LogP) is 1.85. The minimum atomic E-state index is 0.153. The Balaban J connectivity index is 1.97. The van der Waals surface area contributed by atoms with Gasteiger partial charge in [0.15, 0.2) is 0 Å². The summed E-state index contributed by atoms with van der Waals surface area (Å²) >= 11 is 0. The SMILES string of the molecule is CCCc1nc2cc(N)ccc2n1CC1CCC(=O)N1. The summed E-state index contributed by atoms with van der Waals surface area (Å²) in [6.07, 6.45) is 3.53. The molecule has 1 amide bonds. The molecule has 5 nitrogen and oxygen atoms in total. The Labute approximate surface area is 118 Å². The summed E-state index contributed by atoms with van der Waals surface area (Å²) in [7, 11) is 0. The number of aryl methyl sites for hydroxylation is 1. The number of hydrogen-bond acceptors (Lipinski definition) is 3. The Kier molecular flexibility index (Phi) is 3.34. The third-order valence-corrected chi connectivity index (χ3v) is 3.81. The number of anilines is 1. The van der Waals surface area contributed by atoms with Crippen molar-refractivity contribution in [3.63, 3.8) is 0 Å². The largest absolute Gasteiger partial charge is 0.399 e. The van der Waals surface area contributed by atoms with E-state index in [0.717, 1.165) is 48.4 Å². The van der Waals surface area contributed by atoms with Gasteiger partial charge in [-0.05, 0) is 31.0 Å². The van der Waals surface area contributed by atoms with Crippen LogP contribution in [0.4, 0.5) is 5.69 Å². The van der Waals surface area contributed by atoms with Crippen molar-refractivity contribution in [2.45, 2.75) is 45.2 Å². The number of rotatable bonds is 4. The molecule has 3 N–H and O–H groups in total. The second-order valence-electron chi connectivity index (χ2n) is 5.44. The molecule has 3 rings (SSSR count). The van der Waals surface area contributed by atoms with Crippen LogP contribution >= 0.6 is 0 Å². The maximum atomic E-state index is 11.3. The molecule has 1 fully saturated rings. The first-order chi connectivity index (χ1) is 9.67. The Morgan fingerprint density at radius 1 is 1.50 bits per heavy atom. The van der Waals surface area contributed by atoms with E-state index in [4.69, 9.17) is 10.7 Å². The predicted molar refractivity (Wildman–Crippen MR) is 79.3 cm³/mol. The number of hydrogen-bond donors (Lipinski definition) is 2. The van der Waals surface area contributed by atoms with E-state index in [-0.39, 0.29) is 11.9 Å². The van der Waals surface area contributed by atoms with Crippen molar-refractivity contribution >= 4 is 22.6 Å². The lowest BCUT2D eigenvalue weighted by Gasteiger charge is -2.14. The molecule has 0 saturated carbocycles. The molecule has 1 saturated heterocycles. The third kappa shape index (κ3) is 2.35. The van der Waals surface area contributed by atoms with Crippen LogP contribution in [-0.2, 0) is 17.8 Å². The maximum absolute atomic E-state index is 11.3. The van der Waals surface area contributed by atoms with Crippen LogP contribution < -0.4 is 11.1 Å². The smallest absolute Gasteiger partial charge is 0.220 e. The zero-order chi connectivity index (χ0) is 14.1. The normalized spacial score (nSPS) is 18.6. The monoisotopic (exact) mass is 272 g/mol. The molecule has 2 heterocycles. The molecule has 1 aliphatic heterocycles. The number of nitrogens with one attached hydrogen (secondary N) is 1. The molecule has 1 unspecified atom stereocenters. The highest BCUT2D eigenvalue weighted by Crippen LogP contribution is 2.22. The van der Waals surface area contributed by atoms with Gasteiger partial charge in [0.1, 0.15) is 5.82 Å². The van der Waals surface area contributed by atoms with Gasteiger partial charge >= 0.3 is 0 Å². The molecular weight excluding hydrogens is 252 g/mol. The van der Waals surface area contributed by atoms with Gasteiger partial charge in [-0.25, -0.2) is 4.98 Å². The van der Waals surface area contributed by atoms with Crippen LogP contribution in [-0.4, -0.2) is 21.5 Å². The average Bonchev–Trinajstić information content (AvgIpc) is 2.95. The molecule has 106 valence electrons. The number of nitrogens with two attached hydrogens (primary N) is 1. The van der Waals surface area contributed by atoms with Crippen molar-refractivity contribution in [2.75, 3.05) is 5.73 Å². The van der Waals surface area contributed by atoms with Crippen LogP contribution in [0.2, 0.25) is 0 Å². The first kappa shape index (κ1) is 13.0. The minimum Gasteiger partial charge on any atom is -0.399 e. The lowest BCUT2D eigenvalue weighted by Crippen LogP contribution is -2.30. The third-order valence-electron chi connectivity index (χ3n) is 3.81. The fraction of sp³-hybridized carbons (Fsp3) is 0.467. The van der Waals surface area contributed by atoms with Gasteiger partial charge in [-0.1, -0.05) is 6.92 Å². The minimum absolute atomic E-state index is 0.153. The number of imidazole rings is 1. The molecule has 0 bridgehead atoms. The van der Waals surface area contributed by atoms with E-state index in [1.807, 2.05) is 18.2 Å². The quantitative estimate of drug-likeness (QED) is 0.834. The van der Waals surface area contributed by atoms with Crippen LogP contribution in [0.3, 0.4) is 0 Å². The summed E-state index contributed by atoms with van der Waals surface area (Å²) in [4.78, 5) is 16.0. The van der Waals surface area contributed by atoms with E-state index in [1.165, 1.54) is 0 Å². The number of aromatic nitrogens is 2. The molecule has 1 aromatic carbocycles. The van der Waals surface area contributed by atoms with Crippen molar-refractivity contribution in [2.24, 2.45) is 0 Å². The van der Waals surface area contributed by atoms with Crippen LogP contribution in [0, 0.1) is 0 Å². The number of carbonyl (C=O) groups is 1. The Hall–Kier alpha value is -2.04. The molecule has 1 aliphatic rings. The van der Waals surface area contributed by atoms with Crippen molar-refractivity contribution < 1.29 is 4.79 Å². The van der Waals surface area contributed by atoms with Gasteiger partial charge < -0.3 is 15.6 Å². The summed E-state index contributed by atoms with van der Waals surface area (Å²) in [5.41, 5.74) is 8.61. The van der Waals surface area contributed by atoms with Gasteiger partial charge in [-0.3, -0.25) is 4.79 Å². The fourth-order valence-electron chi connectivity index (χ4n) is 2.85. The summed E-state index contributed by atoms with van der Waals surface area (Å²) in [5, 5.41) is 3.03. The van der Waals surface area contributed by atoms with Gasteiger partial charge in [-0.2, -0.15) is 0 Å². The molecule has 5 heteroatoms. The summed E-state index contributed by atoms with van der Waals surface area (Å²) in [6, 6.07) is 6.06. The molecule has 0 radical (unpaired) electrons. The highest BCUT2D eigenvalue weighted by Gasteiger charge is 2.22. The Morgan fingerprint density at radius 3 is 3.05 bits per heavy atom. The van der Waals surface area contributed by atoms with Gasteiger partial charge in [0, 0.05) is 31.1 Å². The van der Waals surface area contributed by atoms with E-state index < -0.39 is 0 Å². The molecule has 0 aliphatic carbocycles. The molecule has 1 atom stereocenters. The number of nitrogen functional groups attached to an aromatic ring is 1. The molecule has 1 aromatic heterocycles. The lowest BCUT2D eigenvalue weighted by molar-refractivity contribution is -0.119. The van der Waals surface area contributed by atoms with Crippen LogP contribution in [0.15, 0.2) is 18.2 Å².